The molecule has 0 atom stereocenters. The van der Waals surface area contributed by atoms with Crippen molar-refractivity contribution in [1.29, 1.82) is 0 Å². The fraction of sp³-hybridized carbons (Fsp3) is 0. The van der Waals surface area contributed by atoms with Gasteiger partial charge in [0.25, 0.3) is 0 Å². The van der Waals surface area contributed by atoms with Crippen LogP contribution in [0.5, 0.6) is 0 Å². The molecule has 57 heavy (non-hydrogen) atoms. The lowest BCUT2D eigenvalue weighted by Gasteiger charge is -2.13. The van der Waals surface area contributed by atoms with Crippen molar-refractivity contribution in [2.75, 3.05) is 0 Å². The lowest BCUT2D eigenvalue weighted by atomic mass is 10.1. The van der Waals surface area contributed by atoms with Gasteiger partial charge in [-0.2, -0.15) is 0 Å². The van der Waals surface area contributed by atoms with Crippen molar-refractivity contribution in [2.24, 2.45) is 0 Å². The van der Waals surface area contributed by atoms with Gasteiger partial charge in [-0.05, 0) is 54.6 Å². The minimum atomic E-state index is 0.627. The van der Waals surface area contributed by atoms with E-state index in [1.54, 1.807) is 0 Å². The van der Waals surface area contributed by atoms with Gasteiger partial charge in [0.1, 0.15) is 0 Å². The van der Waals surface area contributed by atoms with Crippen molar-refractivity contribution in [3.05, 3.63) is 188 Å². The Morgan fingerprint density at radius 2 is 0.860 bits per heavy atom. The molecule has 12 aromatic rings. The second kappa shape index (κ2) is 12.6. The van der Waals surface area contributed by atoms with Gasteiger partial charge in [0.05, 0.1) is 22.1 Å². The van der Waals surface area contributed by atoms with Crippen LogP contribution in [-0.4, -0.2) is 24.1 Å². The van der Waals surface area contributed by atoms with Gasteiger partial charge in [-0.25, -0.2) is 15.0 Å². The standard InChI is InChI=1S/C51H31N5S/c1-3-14-32(15-4-1)49-52-50(33-16-5-2-6-17-33)54-51(53-49)34-18-13-19-35(30-34)56-43-28-29-46-48(40-22-9-12-25-45(40)57-46)47(43)39-27-26-36(31-44(39)56)55-41-23-10-7-20-37(41)38-21-8-11-24-42(38)55/h1-31H. The average Bonchev–Trinajstić information content (AvgIpc) is 3.94. The molecule has 0 unspecified atom stereocenters. The Balaban J connectivity index is 1.14. The molecule has 4 aromatic heterocycles. The van der Waals surface area contributed by atoms with E-state index in [1.165, 1.54) is 52.8 Å². The zero-order valence-corrected chi connectivity index (χ0v) is 31.4. The quantitative estimate of drug-likeness (QED) is 0.176. The van der Waals surface area contributed by atoms with E-state index in [-0.39, 0.29) is 0 Å². The van der Waals surface area contributed by atoms with E-state index in [1.807, 2.05) is 72.0 Å². The van der Waals surface area contributed by atoms with E-state index in [0.717, 1.165) is 39.1 Å². The summed E-state index contributed by atoms with van der Waals surface area (Å²) in [5.41, 5.74) is 9.62. The highest BCUT2D eigenvalue weighted by Gasteiger charge is 2.21. The van der Waals surface area contributed by atoms with E-state index in [4.69, 9.17) is 15.0 Å². The topological polar surface area (TPSA) is 48.5 Å². The van der Waals surface area contributed by atoms with Gasteiger partial charge < -0.3 is 9.13 Å². The van der Waals surface area contributed by atoms with Gasteiger partial charge in [0.15, 0.2) is 17.5 Å². The summed E-state index contributed by atoms with van der Waals surface area (Å²) in [4.78, 5) is 15.1. The van der Waals surface area contributed by atoms with E-state index in [2.05, 4.69) is 137 Å². The lowest BCUT2D eigenvalue weighted by molar-refractivity contribution is 1.07. The summed E-state index contributed by atoms with van der Waals surface area (Å²) in [7, 11) is 0. The first kappa shape index (κ1) is 31.9. The Kier molecular flexibility index (Phi) is 7.03. The molecule has 0 saturated carbocycles. The van der Waals surface area contributed by atoms with E-state index in [9.17, 15) is 0 Å². The molecule has 0 radical (unpaired) electrons. The largest absolute Gasteiger partial charge is 0.309 e. The highest BCUT2D eigenvalue weighted by atomic mass is 32.1. The predicted molar refractivity (Wildman–Crippen MR) is 238 cm³/mol. The van der Waals surface area contributed by atoms with Gasteiger partial charge in [-0.3, -0.25) is 0 Å². The van der Waals surface area contributed by atoms with Crippen molar-refractivity contribution in [3.63, 3.8) is 0 Å². The predicted octanol–water partition coefficient (Wildman–Crippen LogP) is 13.4. The maximum atomic E-state index is 5.09. The number of para-hydroxylation sites is 2. The van der Waals surface area contributed by atoms with Crippen LogP contribution < -0.4 is 0 Å². The lowest BCUT2D eigenvalue weighted by Crippen LogP contribution is -2.01. The molecule has 0 bridgehead atoms. The summed E-state index contributed by atoms with van der Waals surface area (Å²) in [6.45, 7) is 0. The minimum absolute atomic E-state index is 0.627. The van der Waals surface area contributed by atoms with Crippen LogP contribution in [0.15, 0.2) is 188 Å². The zero-order chi connectivity index (χ0) is 37.5. The van der Waals surface area contributed by atoms with Crippen molar-refractivity contribution < 1.29 is 0 Å². The normalized spacial score (nSPS) is 11.9. The van der Waals surface area contributed by atoms with Crippen molar-refractivity contribution >= 4 is 75.1 Å². The Labute approximate surface area is 331 Å². The Bertz CT molecular complexity index is 3410. The number of hydrogen-bond donors (Lipinski definition) is 0. The summed E-state index contributed by atoms with van der Waals surface area (Å²) >= 11 is 1.86. The van der Waals surface area contributed by atoms with Gasteiger partial charge >= 0.3 is 0 Å². The molecule has 0 aliphatic carbocycles. The number of nitrogens with zero attached hydrogens (tertiary/aromatic N) is 5. The third-order valence-electron chi connectivity index (χ3n) is 11.2. The Hall–Kier alpha value is -7.41. The van der Waals surface area contributed by atoms with Gasteiger partial charge in [-0.15, -0.1) is 11.3 Å². The molecule has 4 heterocycles. The molecular weight excluding hydrogens is 715 g/mol. The van der Waals surface area contributed by atoms with E-state index in [0.29, 0.717) is 17.5 Å². The smallest absolute Gasteiger partial charge is 0.164 e. The van der Waals surface area contributed by atoms with Crippen LogP contribution in [0.3, 0.4) is 0 Å². The number of thiophene rings is 1. The second-order valence-corrected chi connectivity index (χ2v) is 15.5. The van der Waals surface area contributed by atoms with Gasteiger partial charge in [0, 0.05) is 69.8 Å². The molecule has 0 aliphatic heterocycles. The molecule has 0 N–H and O–H groups in total. The molecule has 0 spiro atoms. The summed E-state index contributed by atoms with van der Waals surface area (Å²) in [6.07, 6.45) is 0. The monoisotopic (exact) mass is 745 g/mol. The maximum Gasteiger partial charge on any atom is 0.164 e. The summed E-state index contributed by atoms with van der Waals surface area (Å²) < 4.78 is 7.41. The number of hydrogen-bond acceptors (Lipinski definition) is 4. The fourth-order valence-corrected chi connectivity index (χ4v) is 9.76. The Morgan fingerprint density at radius 3 is 1.54 bits per heavy atom. The first-order valence-corrected chi connectivity index (χ1v) is 19.9. The van der Waals surface area contributed by atoms with E-state index < -0.39 is 0 Å². The first-order valence-electron chi connectivity index (χ1n) is 19.1. The molecule has 0 saturated heterocycles. The molecule has 266 valence electrons. The average molecular weight is 746 g/mol. The fourth-order valence-electron chi connectivity index (χ4n) is 8.65. The number of fused-ring (bicyclic) bond motifs is 10. The summed E-state index contributed by atoms with van der Waals surface area (Å²) in [6, 6.07) is 66.7. The molecule has 12 rings (SSSR count). The molecule has 0 aliphatic rings. The maximum absolute atomic E-state index is 5.09. The second-order valence-electron chi connectivity index (χ2n) is 14.4. The van der Waals surface area contributed by atoms with Crippen LogP contribution in [0.1, 0.15) is 0 Å². The van der Waals surface area contributed by atoms with Crippen LogP contribution in [-0.2, 0) is 0 Å². The van der Waals surface area contributed by atoms with Crippen LogP contribution >= 0.6 is 11.3 Å². The molecule has 8 aromatic carbocycles. The molecule has 0 amide bonds. The summed E-state index contributed by atoms with van der Waals surface area (Å²) in [5, 5.41) is 7.55. The molecule has 5 nitrogen and oxygen atoms in total. The van der Waals surface area contributed by atoms with Crippen LogP contribution in [0.25, 0.3) is 109 Å². The molecule has 0 fully saturated rings. The highest BCUT2D eigenvalue weighted by molar-refractivity contribution is 7.26. The van der Waals surface area contributed by atoms with Crippen LogP contribution in [0, 0.1) is 0 Å². The van der Waals surface area contributed by atoms with Crippen LogP contribution in [0.4, 0.5) is 0 Å². The minimum Gasteiger partial charge on any atom is -0.309 e. The molecule has 6 heteroatoms. The van der Waals surface area contributed by atoms with Crippen molar-refractivity contribution in [1.82, 2.24) is 24.1 Å². The number of benzene rings is 8. The van der Waals surface area contributed by atoms with E-state index >= 15 is 0 Å². The van der Waals surface area contributed by atoms with Crippen LogP contribution in [0.2, 0.25) is 0 Å². The number of rotatable bonds is 5. The SMILES string of the molecule is c1ccc(-c2nc(-c3ccccc3)nc(-c3cccc(-n4c5cc(-n6c7ccccc7c7ccccc76)ccc5c5c6c(ccc54)sc4ccccc46)c3)n2)cc1. The zero-order valence-electron chi connectivity index (χ0n) is 30.5. The highest BCUT2D eigenvalue weighted by Crippen LogP contribution is 2.44. The van der Waals surface area contributed by atoms with Gasteiger partial charge in [0.2, 0.25) is 0 Å². The summed E-state index contributed by atoms with van der Waals surface area (Å²) in [5.74, 6) is 1.91. The molecular formula is C51H31N5S. The first-order chi connectivity index (χ1) is 28.3. The van der Waals surface area contributed by atoms with Crippen molar-refractivity contribution in [3.8, 4) is 45.5 Å². The number of aromatic nitrogens is 5. The third-order valence-corrected chi connectivity index (χ3v) is 12.3. The van der Waals surface area contributed by atoms with Crippen molar-refractivity contribution in [2.45, 2.75) is 0 Å². The third kappa shape index (κ3) is 4.98. The Morgan fingerprint density at radius 1 is 0.316 bits per heavy atom. The van der Waals surface area contributed by atoms with Gasteiger partial charge in [-0.1, -0.05) is 133 Å².